The highest BCUT2D eigenvalue weighted by molar-refractivity contribution is 6.51. The van der Waals surface area contributed by atoms with Gasteiger partial charge in [-0.15, -0.1) is 0 Å². The summed E-state index contributed by atoms with van der Waals surface area (Å²) in [6.45, 7) is 4.87. The lowest BCUT2D eigenvalue weighted by Crippen LogP contribution is -2.29. The molecule has 0 bridgehead atoms. The van der Waals surface area contributed by atoms with Gasteiger partial charge < -0.3 is 20.3 Å². The Labute approximate surface area is 187 Å². The first-order valence-corrected chi connectivity index (χ1v) is 9.98. The number of halogens is 1. The maximum Gasteiger partial charge on any atom is 0.301 e. The van der Waals surface area contributed by atoms with Crippen molar-refractivity contribution in [2.75, 3.05) is 4.90 Å². The molecule has 10 heteroatoms. The van der Waals surface area contributed by atoms with Crippen LogP contribution in [0, 0.1) is 20.8 Å². The molecule has 2 aromatic heterocycles. The lowest BCUT2D eigenvalue weighted by molar-refractivity contribution is -0.132. The van der Waals surface area contributed by atoms with E-state index in [1.54, 1.807) is 45.0 Å². The van der Waals surface area contributed by atoms with Crippen LogP contribution in [0.15, 0.2) is 40.4 Å². The molecule has 1 unspecified atom stereocenters. The molecule has 3 aromatic rings. The molecular formula is C22H19ClN4O5. The fourth-order valence-corrected chi connectivity index (χ4v) is 4.11. The van der Waals surface area contributed by atoms with E-state index in [2.05, 4.69) is 10.1 Å². The van der Waals surface area contributed by atoms with Crippen LogP contribution in [0.5, 0.6) is 0 Å². The molecule has 0 radical (unpaired) electrons. The van der Waals surface area contributed by atoms with Crippen LogP contribution >= 0.6 is 11.6 Å². The molecule has 3 heterocycles. The van der Waals surface area contributed by atoms with Crippen LogP contribution in [0.3, 0.4) is 0 Å². The summed E-state index contributed by atoms with van der Waals surface area (Å²) in [5.41, 5.74) is 6.90. The number of hydrogen-bond acceptors (Lipinski definition) is 6. The highest BCUT2D eigenvalue weighted by Crippen LogP contribution is 2.43. The molecule has 1 atom stereocenters. The maximum absolute atomic E-state index is 13.1. The van der Waals surface area contributed by atoms with E-state index in [0.717, 1.165) is 0 Å². The van der Waals surface area contributed by atoms with Gasteiger partial charge in [0.05, 0.1) is 11.6 Å². The number of aliphatic hydroxyl groups excluding tert-OH is 1. The van der Waals surface area contributed by atoms with E-state index in [9.17, 15) is 19.5 Å². The SMILES string of the molecule is Cc1cc(N2C(=O)C(=O)/C(=C(/O)c3c(C)[nH]c(C(N)=O)c3C)C2c2ccc(Cl)cc2)no1. The molecule has 0 aliphatic carbocycles. The number of Topliss-reactive ketones (excluding diaryl/α,β-unsaturated/α-hetero) is 1. The monoisotopic (exact) mass is 454 g/mol. The summed E-state index contributed by atoms with van der Waals surface area (Å²) in [7, 11) is 0. The Morgan fingerprint density at radius 1 is 1.22 bits per heavy atom. The van der Waals surface area contributed by atoms with Gasteiger partial charge in [0.25, 0.3) is 11.7 Å². The van der Waals surface area contributed by atoms with E-state index in [0.29, 0.717) is 27.6 Å². The van der Waals surface area contributed by atoms with Crippen LogP contribution in [0.2, 0.25) is 5.02 Å². The summed E-state index contributed by atoms with van der Waals surface area (Å²) in [6.07, 6.45) is 0. The number of hydrogen-bond donors (Lipinski definition) is 3. The number of benzene rings is 1. The number of nitrogens with zero attached hydrogens (tertiary/aromatic N) is 2. The number of aliphatic hydroxyl groups is 1. The number of aromatic nitrogens is 2. The minimum atomic E-state index is -0.998. The molecule has 164 valence electrons. The van der Waals surface area contributed by atoms with Crippen LogP contribution in [-0.2, 0) is 9.59 Å². The molecule has 1 aliphatic rings. The number of aromatic amines is 1. The Kier molecular flexibility index (Phi) is 5.14. The zero-order valence-electron chi connectivity index (χ0n) is 17.4. The van der Waals surface area contributed by atoms with Crippen LogP contribution in [0.4, 0.5) is 5.82 Å². The van der Waals surface area contributed by atoms with Gasteiger partial charge in [-0.05, 0) is 44.0 Å². The third-order valence-electron chi connectivity index (χ3n) is 5.41. The Morgan fingerprint density at radius 2 is 1.88 bits per heavy atom. The summed E-state index contributed by atoms with van der Waals surface area (Å²) in [4.78, 5) is 41.9. The average molecular weight is 455 g/mol. The first kappa shape index (κ1) is 21.4. The average Bonchev–Trinajstić information content (AvgIpc) is 3.37. The quantitative estimate of drug-likeness (QED) is 0.313. The van der Waals surface area contributed by atoms with E-state index in [-0.39, 0.29) is 22.6 Å². The van der Waals surface area contributed by atoms with Crippen molar-refractivity contribution in [2.45, 2.75) is 26.8 Å². The molecule has 1 saturated heterocycles. The molecule has 0 spiro atoms. The minimum Gasteiger partial charge on any atom is -0.507 e. The second-order valence-corrected chi connectivity index (χ2v) is 7.94. The number of carbonyl (C=O) groups is 3. The number of aryl methyl sites for hydroxylation is 2. The summed E-state index contributed by atoms with van der Waals surface area (Å²) < 4.78 is 5.10. The van der Waals surface area contributed by atoms with Gasteiger partial charge in [0.2, 0.25) is 0 Å². The summed E-state index contributed by atoms with van der Waals surface area (Å²) in [5.74, 6) is -2.34. The lowest BCUT2D eigenvalue weighted by atomic mass is 9.94. The topological polar surface area (TPSA) is 143 Å². The largest absolute Gasteiger partial charge is 0.507 e. The van der Waals surface area contributed by atoms with Gasteiger partial charge in [-0.2, -0.15) is 0 Å². The molecule has 1 fully saturated rings. The van der Waals surface area contributed by atoms with Gasteiger partial charge in [-0.25, -0.2) is 0 Å². The molecular weight excluding hydrogens is 436 g/mol. The summed E-state index contributed by atoms with van der Waals surface area (Å²) >= 11 is 6.02. The Morgan fingerprint density at radius 3 is 2.41 bits per heavy atom. The van der Waals surface area contributed by atoms with E-state index in [4.69, 9.17) is 21.9 Å². The van der Waals surface area contributed by atoms with Crippen LogP contribution < -0.4 is 10.6 Å². The van der Waals surface area contributed by atoms with Crippen molar-refractivity contribution in [3.8, 4) is 0 Å². The molecule has 2 amide bonds. The van der Waals surface area contributed by atoms with Gasteiger partial charge in [0, 0.05) is 22.3 Å². The highest BCUT2D eigenvalue weighted by atomic mass is 35.5. The second kappa shape index (κ2) is 7.69. The highest BCUT2D eigenvalue weighted by Gasteiger charge is 2.48. The minimum absolute atomic E-state index is 0.105. The predicted octanol–water partition coefficient (Wildman–Crippen LogP) is 3.31. The molecule has 4 N–H and O–H groups in total. The van der Waals surface area contributed by atoms with Crippen molar-refractivity contribution in [3.05, 3.63) is 74.8 Å². The zero-order valence-corrected chi connectivity index (χ0v) is 18.1. The molecule has 1 aliphatic heterocycles. The van der Waals surface area contributed by atoms with Crippen LogP contribution in [-0.4, -0.2) is 32.8 Å². The molecule has 0 saturated carbocycles. The fraction of sp³-hybridized carbons (Fsp3) is 0.182. The zero-order chi connectivity index (χ0) is 23.3. The van der Waals surface area contributed by atoms with E-state index in [1.165, 1.54) is 11.0 Å². The Hall–Kier alpha value is -3.85. The van der Waals surface area contributed by atoms with E-state index >= 15 is 0 Å². The van der Waals surface area contributed by atoms with E-state index < -0.39 is 29.4 Å². The van der Waals surface area contributed by atoms with Gasteiger partial charge in [0.1, 0.15) is 17.2 Å². The summed E-state index contributed by atoms with van der Waals surface area (Å²) in [5, 5.41) is 15.6. The number of amides is 2. The predicted molar refractivity (Wildman–Crippen MR) is 116 cm³/mol. The lowest BCUT2D eigenvalue weighted by Gasteiger charge is -2.23. The van der Waals surface area contributed by atoms with E-state index in [1.807, 2.05) is 0 Å². The molecule has 1 aromatic carbocycles. The number of anilines is 1. The second-order valence-electron chi connectivity index (χ2n) is 7.51. The number of primary amides is 1. The Bertz CT molecular complexity index is 1300. The maximum atomic E-state index is 13.1. The molecule has 4 rings (SSSR count). The van der Waals surface area contributed by atoms with Gasteiger partial charge in [0.15, 0.2) is 5.82 Å². The van der Waals surface area contributed by atoms with Crippen molar-refractivity contribution in [1.82, 2.24) is 10.1 Å². The number of rotatable bonds is 4. The van der Waals surface area contributed by atoms with Gasteiger partial charge >= 0.3 is 5.91 Å². The standard InChI is InChI=1S/C22H19ClN4O5/c1-9-8-14(26-32-9)27-18(12-4-6-13(23)7-5-12)16(20(29)22(27)31)19(28)15-10(2)17(21(24)30)25-11(15)3/h4-8,18,25,28H,1-3H3,(H2,24,30)/b19-16+. The number of ketones is 1. The van der Waals surface area contributed by atoms with Crippen LogP contribution in [0.1, 0.15) is 44.7 Å². The van der Waals surface area contributed by atoms with Crippen molar-refractivity contribution < 1.29 is 24.0 Å². The number of nitrogens with one attached hydrogen (secondary N) is 1. The number of nitrogens with two attached hydrogens (primary N) is 1. The Balaban J connectivity index is 1.99. The third-order valence-corrected chi connectivity index (χ3v) is 5.67. The van der Waals surface area contributed by atoms with Gasteiger partial charge in [-0.3, -0.25) is 19.3 Å². The van der Waals surface area contributed by atoms with Gasteiger partial charge in [-0.1, -0.05) is 28.9 Å². The van der Waals surface area contributed by atoms with Crippen molar-refractivity contribution >= 4 is 40.8 Å². The normalized spacial score (nSPS) is 17.9. The number of H-pyrrole nitrogens is 1. The van der Waals surface area contributed by atoms with Crippen molar-refractivity contribution in [1.29, 1.82) is 0 Å². The first-order chi connectivity index (χ1) is 15.1. The molecule has 9 nitrogen and oxygen atoms in total. The van der Waals surface area contributed by atoms with Crippen molar-refractivity contribution in [3.63, 3.8) is 0 Å². The van der Waals surface area contributed by atoms with Crippen LogP contribution in [0.25, 0.3) is 5.76 Å². The summed E-state index contributed by atoms with van der Waals surface area (Å²) in [6, 6.07) is 7.05. The molecule has 32 heavy (non-hydrogen) atoms. The fourth-order valence-electron chi connectivity index (χ4n) is 3.98. The van der Waals surface area contributed by atoms with Crippen molar-refractivity contribution in [2.24, 2.45) is 5.73 Å². The first-order valence-electron chi connectivity index (χ1n) is 9.61. The number of carbonyl (C=O) groups excluding carboxylic acids is 3. The smallest absolute Gasteiger partial charge is 0.301 e. The third kappa shape index (κ3) is 3.27.